The third-order valence-electron chi connectivity index (χ3n) is 8.37. The van der Waals surface area contributed by atoms with Crippen molar-refractivity contribution in [1.29, 1.82) is 0 Å². The van der Waals surface area contributed by atoms with Crippen LogP contribution in [0.25, 0.3) is 0 Å². The molecule has 6 rings (SSSR count). The predicted molar refractivity (Wildman–Crippen MR) is 159 cm³/mol. The van der Waals surface area contributed by atoms with Crippen molar-refractivity contribution in [2.75, 3.05) is 6.54 Å². The Balaban J connectivity index is 1.25. The molecule has 1 heterocycles. The van der Waals surface area contributed by atoms with Crippen molar-refractivity contribution in [2.24, 2.45) is 23.7 Å². The molecule has 2 saturated carbocycles. The van der Waals surface area contributed by atoms with Gasteiger partial charge in [-0.25, -0.2) is 9.80 Å². The molecule has 8 nitrogen and oxygen atoms in total. The van der Waals surface area contributed by atoms with E-state index in [0.29, 0.717) is 10.0 Å². The Kier molecular flexibility index (Phi) is 7.98. The smallest absolute Gasteiger partial charge is 0.345 e. The fourth-order valence-electron chi connectivity index (χ4n) is 6.42. The molecule has 220 valence electrons. The summed E-state index contributed by atoms with van der Waals surface area (Å²) in [6, 6.07) is 14.2. The second-order valence-electron chi connectivity index (χ2n) is 10.8. The largest absolute Gasteiger partial charge is 0.423 e. The molecule has 3 fully saturated rings. The molecule has 2 bridgehead atoms. The number of benzene rings is 3. The minimum atomic E-state index is -0.783. The first kappa shape index (κ1) is 29.6. The molecule has 3 aromatic carbocycles. The number of ketones is 1. The summed E-state index contributed by atoms with van der Waals surface area (Å²) in [4.78, 5) is 67.1. The molecular weight excluding hydrogens is 638 g/mol. The number of hydrogen-bond acceptors (Lipinski definition) is 6. The Hall–Kier alpha value is -3.43. The third-order valence-corrected chi connectivity index (χ3v) is 9.47. The molecule has 2 aliphatic carbocycles. The highest BCUT2D eigenvalue weighted by Crippen LogP contribution is 2.56. The standard InChI is InChI=1S/C31H22Cl4N2O6/c32-18-5-9-21(23(34)12-18)28(39)36(37-29(40)26-16-1-2-17(11-16)27(26)30(37)41)14-25(38)15-3-7-20(8-4-15)43-31(42)22-10-6-19(33)13-24(22)35/h3-10,12-13,16-17,26-27H,1-2,11,14H2/t16-,17-,26-,27-/m0/s1. The van der Waals surface area contributed by atoms with Gasteiger partial charge in [0.2, 0.25) is 0 Å². The zero-order chi connectivity index (χ0) is 30.6. The maximum Gasteiger partial charge on any atom is 0.345 e. The van der Waals surface area contributed by atoms with Gasteiger partial charge in [-0.1, -0.05) is 46.4 Å². The van der Waals surface area contributed by atoms with Gasteiger partial charge in [-0.15, -0.1) is 0 Å². The Bertz CT molecular complexity index is 1670. The highest BCUT2D eigenvalue weighted by Gasteiger charge is 2.62. The van der Waals surface area contributed by atoms with Gasteiger partial charge in [0.15, 0.2) is 5.78 Å². The van der Waals surface area contributed by atoms with E-state index in [0.717, 1.165) is 29.3 Å². The quantitative estimate of drug-likeness (QED) is 0.120. The zero-order valence-electron chi connectivity index (χ0n) is 22.3. The van der Waals surface area contributed by atoms with Gasteiger partial charge < -0.3 is 4.74 Å². The summed E-state index contributed by atoms with van der Waals surface area (Å²) in [5, 5.41) is 2.53. The van der Waals surface area contributed by atoms with Crippen LogP contribution in [0, 0.1) is 23.7 Å². The average Bonchev–Trinajstić information content (AvgIpc) is 3.65. The Morgan fingerprint density at radius 2 is 1.30 bits per heavy atom. The molecule has 3 aromatic rings. The summed E-state index contributed by atoms with van der Waals surface area (Å²) < 4.78 is 5.37. The lowest BCUT2D eigenvalue weighted by molar-refractivity contribution is -0.155. The molecule has 0 spiro atoms. The van der Waals surface area contributed by atoms with Gasteiger partial charge in [0.05, 0.1) is 33.0 Å². The van der Waals surface area contributed by atoms with Crippen LogP contribution in [-0.4, -0.2) is 46.0 Å². The average molecular weight is 660 g/mol. The first-order chi connectivity index (χ1) is 20.5. The molecule has 3 aliphatic rings. The summed E-state index contributed by atoms with van der Waals surface area (Å²) in [6.45, 7) is -0.608. The van der Waals surface area contributed by atoms with Gasteiger partial charge in [-0.2, -0.15) is 5.01 Å². The first-order valence-electron chi connectivity index (χ1n) is 13.5. The summed E-state index contributed by atoms with van der Waals surface area (Å²) in [5.74, 6) is -3.70. The van der Waals surface area contributed by atoms with Crippen LogP contribution in [0.2, 0.25) is 20.1 Å². The summed E-state index contributed by atoms with van der Waals surface area (Å²) in [7, 11) is 0. The Labute approximate surface area is 266 Å². The van der Waals surface area contributed by atoms with Gasteiger partial charge in [0.1, 0.15) is 12.3 Å². The van der Waals surface area contributed by atoms with Gasteiger partial charge >= 0.3 is 5.97 Å². The number of imide groups is 1. The highest BCUT2D eigenvalue weighted by atomic mass is 35.5. The number of Topliss-reactive ketones (excluding diaryl/α,β-unsaturated/α-hetero) is 1. The molecular formula is C31H22Cl4N2O6. The van der Waals surface area contributed by atoms with Crippen LogP contribution in [0.3, 0.4) is 0 Å². The van der Waals surface area contributed by atoms with E-state index >= 15 is 0 Å². The van der Waals surface area contributed by atoms with Crippen LogP contribution < -0.4 is 4.74 Å². The van der Waals surface area contributed by atoms with Crippen LogP contribution in [0.1, 0.15) is 50.3 Å². The van der Waals surface area contributed by atoms with E-state index in [1.54, 1.807) is 0 Å². The molecule has 4 atom stereocenters. The van der Waals surface area contributed by atoms with Crippen molar-refractivity contribution in [2.45, 2.75) is 19.3 Å². The number of halogens is 4. The van der Waals surface area contributed by atoms with Crippen molar-refractivity contribution in [3.63, 3.8) is 0 Å². The van der Waals surface area contributed by atoms with Crippen LogP contribution in [0.15, 0.2) is 60.7 Å². The molecule has 0 aromatic heterocycles. The Morgan fingerprint density at radius 3 is 1.84 bits per heavy atom. The van der Waals surface area contributed by atoms with E-state index in [4.69, 9.17) is 51.1 Å². The lowest BCUT2D eigenvalue weighted by Crippen LogP contribution is -2.52. The Morgan fingerprint density at radius 1 is 0.767 bits per heavy atom. The van der Waals surface area contributed by atoms with Crippen LogP contribution in [0.4, 0.5) is 0 Å². The highest BCUT2D eigenvalue weighted by molar-refractivity contribution is 6.37. The van der Waals surface area contributed by atoms with E-state index in [2.05, 4.69) is 0 Å². The molecule has 0 radical (unpaired) electrons. The number of esters is 1. The number of ether oxygens (including phenoxy) is 1. The number of hydrogen-bond donors (Lipinski definition) is 0. The number of carbonyl (C=O) groups is 5. The van der Waals surface area contributed by atoms with E-state index in [9.17, 15) is 24.0 Å². The van der Waals surface area contributed by atoms with Crippen LogP contribution in [-0.2, 0) is 9.59 Å². The first-order valence-corrected chi connectivity index (χ1v) is 15.0. The topological polar surface area (TPSA) is 101 Å². The maximum absolute atomic E-state index is 13.8. The minimum Gasteiger partial charge on any atom is -0.423 e. The predicted octanol–water partition coefficient (Wildman–Crippen LogP) is 6.79. The lowest BCUT2D eigenvalue weighted by atomic mass is 9.81. The minimum absolute atomic E-state index is 0.0115. The van der Waals surface area contributed by atoms with Crippen molar-refractivity contribution in [3.05, 3.63) is 97.4 Å². The lowest BCUT2D eigenvalue weighted by Gasteiger charge is -2.31. The van der Waals surface area contributed by atoms with Crippen molar-refractivity contribution >= 4 is 75.9 Å². The van der Waals surface area contributed by atoms with E-state index in [-0.39, 0.29) is 44.3 Å². The van der Waals surface area contributed by atoms with Gasteiger partial charge in [0, 0.05) is 15.6 Å². The summed E-state index contributed by atoms with van der Waals surface area (Å²) in [6.07, 6.45) is 2.53. The van der Waals surface area contributed by atoms with Gasteiger partial charge in [0.25, 0.3) is 17.7 Å². The fourth-order valence-corrected chi connectivity index (χ4v) is 7.39. The van der Waals surface area contributed by atoms with E-state index < -0.39 is 47.9 Å². The molecule has 0 unspecified atom stereocenters. The SMILES string of the molecule is O=C(CN(C(=O)c1ccc(Cl)cc1Cl)N1C(=O)[C@H]2[C@H]3CC[C@@H](C3)[C@@H]2C1=O)c1ccc(OC(=O)c2ccc(Cl)cc2Cl)cc1. The zero-order valence-corrected chi connectivity index (χ0v) is 25.3. The van der Waals surface area contributed by atoms with Crippen LogP contribution >= 0.6 is 46.4 Å². The monoisotopic (exact) mass is 658 g/mol. The number of fused-ring (bicyclic) bond motifs is 5. The van der Waals surface area contributed by atoms with Crippen LogP contribution in [0.5, 0.6) is 5.75 Å². The van der Waals surface area contributed by atoms with E-state index in [1.165, 1.54) is 60.7 Å². The van der Waals surface area contributed by atoms with Crippen molar-refractivity contribution in [1.82, 2.24) is 10.0 Å². The normalized spacial score (nSPS) is 22.1. The molecule has 43 heavy (non-hydrogen) atoms. The molecule has 3 amide bonds. The molecule has 1 aliphatic heterocycles. The number of hydrazine groups is 1. The number of amides is 3. The molecule has 1 saturated heterocycles. The van der Waals surface area contributed by atoms with Gasteiger partial charge in [-0.3, -0.25) is 19.2 Å². The molecule has 0 N–H and O–H groups in total. The fraction of sp³-hybridized carbons (Fsp3) is 0.258. The maximum atomic E-state index is 13.8. The summed E-state index contributed by atoms with van der Waals surface area (Å²) in [5.41, 5.74) is 0.255. The second-order valence-corrected chi connectivity index (χ2v) is 12.5. The third kappa shape index (κ3) is 5.42. The number of rotatable bonds is 7. The number of nitrogens with zero attached hydrogens (tertiary/aromatic N) is 2. The summed E-state index contributed by atoms with van der Waals surface area (Å²) >= 11 is 24.3. The second kappa shape index (κ2) is 11.6. The van der Waals surface area contributed by atoms with Crippen molar-refractivity contribution in [3.8, 4) is 5.75 Å². The molecule has 12 heteroatoms. The number of carbonyl (C=O) groups excluding carboxylic acids is 5. The van der Waals surface area contributed by atoms with Crippen molar-refractivity contribution < 1.29 is 28.7 Å². The van der Waals surface area contributed by atoms with E-state index in [1.807, 2.05) is 0 Å². The van der Waals surface area contributed by atoms with Gasteiger partial charge in [-0.05, 0) is 91.8 Å².